The Labute approximate surface area is 123 Å². The molecule has 0 aromatic carbocycles. The van der Waals surface area contributed by atoms with E-state index in [9.17, 15) is 9.59 Å². The number of carbonyl (C=O) groups is 2. The lowest BCUT2D eigenvalue weighted by molar-refractivity contribution is -0.143. The van der Waals surface area contributed by atoms with Gasteiger partial charge in [0.05, 0.1) is 17.7 Å². The topological polar surface area (TPSA) is 77.0 Å². The van der Waals surface area contributed by atoms with Crippen LogP contribution < -0.4 is 5.32 Å². The number of nitrogens with zero attached hydrogens (tertiary/aromatic N) is 1. The van der Waals surface area contributed by atoms with Crippen molar-refractivity contribution in [3.05, 3.63) is 0 Å². The fourth-order valence-electron chi connectivity index (χ4n) is 1.53. The molecule has 7 heteroatoms. The lowest BCUT2D eigenvalue weighted by Crippen LogP contribution is -2.40. The molecule has 0 spiro atoms. The third-order valence-electron chi connectivity index (χ3n) is 2.33. The van der Waals surface area contributed by atoms with Gasteiger partial charge in [-0.3, -0.25) is 4.99 Å². The van der Waals surface area contributed by atoms with Crippen LogP contribution in [0.2, 0.25) is 0 Å². The van der Waals surface area contributed by atoms with Gasteiger partial charge in [0.15, 0.2) is 6.04 Å². The lowest BCUT2D eigenvalue weighted by atomic mass is 10.2. The van der Waals surface area contributed by atoms with Crippen LogP contribution in [0.5, 0.6) is 0 Å². The average Bonchev–Trinajstić information content (AvgIpc) is 2.75. The molecule has 1 aliphatic heterocycles. The number of aliphatic imine (C=N–C) groups is 1. The Kier molecular flexibility index (Phi) is 5.86. The Hall–Kier alpha value is -1.24. The van der Waals surface area contributed by atoms with Crippen LogP contribution in [0.1, 0.15) is 34.6 Å². The van der Waals surface area contributed by atoms with E-state index in [-0.39, 0.29) is 12.0 Å². The highest BCUT2D eigenvalue weighted by Crippen LogP contribution is 2.21. The molecular formula is C13H22N2O4S. The van der Waals surface area contributed by atoms with Gasteiger partial charge in [-0.25, -0.2) is 9.59 Å². The monoisotopic (exact) mass is 302 g/mol. The fourth-order valence-corrected chi connectivity index (χ4v) is 2.58. The van der Waals surface area contributed by atoms with E-state index in [4.69, 9.17) is 9.47 Å². The van der Waals surface area contributed by atoms with Crippen LogP contribution in [-0.4, -0.2) is 47.2 Å². The molecule has 0 aromatic heterocycles. The third kappa shape index (κ3) is 5.40. The first-order chi connectivity index (χ1) is 9.23. The van der Waals surface area contributed by atoms with Crippen molar-refractivity contribution in [2.24, 2.45) is 4.99 Å². The Morgan fingerprint density at radius 2 is 2.15 bits per heavy atom. The highest BCUT2D eigenvalue weighted by atomic mass is 32.2. The van der Waals surface area contributed by atoms with Crippen LogP contribution in [0.15, 0.2) is 4.99 Å². The summed E-state index contributed by atoms with van der Waals surface area (Å²) >= 11 is 1.45. The first-order valence-corrected chi connectivity index (χ1v) is 7.58. The molecule has 0 bridgehead atoms. The molecule has 0 radical (unpaired) electrons. The van der Waals surface area contributed by atoms with Crippen LogP contribution in [0.4, 0.5) is 4.79 Å². The molecular weight excluding hydrogens is 280 g/mol. The molecule has 6 nitrogen and oxygen atoms in total. The van der Waals surface area contributed by atoms with Crippen molar-refractivity contribution < 1.29 is 19.1 Å². The second kappa shape index (κ2) is 6.97. The summed E-state index contributed by atoms with van der Waals surface area (Å²) in [6, 6.07) is -0.757. The number of nitrogens with one attached hydrogen (secondary N) is 1. The molecule has 114 valence electrons. The number of esters is 1. The number of thioether (sulfide) groups is 1. The van der Waals surface area contributed by atoms with Gasteiger partial charge in [-0.1, -0.05) is 0 Å². The van der Waals surface area contributed by atoms with Crippen LogP contribution >= 0.6 is 11.8 Å². The smallest absolute Gasteiger partial charge is 0.408 e. The Morgan fingerprint density at radius 1 is 1.50 bits per heavy atom. The van der Waals surface area contributed by atoms with E-state index in [1.165, 1.54) is 11.8 Å². The Morgan fingerprint density at radius 3 is 2.70 bits per heavy atom. The fraction of sp³-hybridized carbons (Fsp3) is 0.769. The predicted octanol–water partition coefficient (Wildman–Crippen LogP) is 1.98. The molecule has 20 heavy (non-hydrogen) atoms. The molecule has 0 aromatic rings. The second-order valence-electron chi connectivity index (χ2n) is 5.41. The first-order valence-electron chi connectivity index (χ1n) is 6.59. The minimum Gasteiger partial charge on any atom is -0.464 e. The van der Waals surface area contributed by atoms with Gasteiger partial charge >= 0.3 is 12.1 Å². The van der Waals surface area contributed by atoms with Gasteiger partial charge in [-0.05, 0) is 34.6 Å². The largest absolute Gasteiger partial charge is 0.464 e. The van der Waals surface area contributed by atoms with Gasteiger partial charge in [-0.15, -0.1) is 11.8 Å². The molecule has 2 atom stereocenters. The van der Waals surface area contributed by atoms with E-state index in [0.29, 0.717) is 17.4 Å². The zero-order valence-corrected chi connectivity index (χ0v) is 13.4. The van der Waals surface area contributed by atoms with Crippen molar-refractivity contribution >= 4 is 28.9 Å². The standard InChI is InChI=1S/C13H22N2O4S/c1-6-18-11(16)9-7-20-10(15-9)8(2)14-12(17)19-13(3,4)5/h8-9H,6-7H2,1-5H3,(H,14,17)/t8-,9+/m0/s1. The molecule has 1 amide bonds. The van der Waals surface area contributed by atoms with Crippen molar-refractivity contribution in [2.45, 2.75) is 52.3 Å². The van der Waals surface area contributed by atoms with Gasteiger partial charge in [-0.2, -0.15) is 0 Å². The average molecular weight is 302 g/mol. The molecule has 0 fully saturated rings. The van der Waals surface area contributed by atoms with Crippen molar-refractivity contribution in [2.75, 3.05) is 12.4 Å². The summed E-state index contributed by atoms with van der Waals surface area (Å²) in [5.74, 6) is 0.230. The number of ether oxygens (including phenoxy) is 2. The first kappa shape index (κ1) is 16.8. The summed E-state index contributed by atoms with van der Waals surface area (Å²) in [4.78, 5) is 27.5. The summed E-state index contributed by atoms with van der Waals surface area (Å²) in [5, 5.41) is 3.42. The number of carbonyl (C=O) groups excluding carboxylic acids is 2. The van der Waals surface area contributed by atoms with E-state index < -0.39 is 17.7 Å². The summed E-state index contributed by atoms with van der Waals surface area (Å²) in [6.07, 6.45) is -0.493. The summed E-state index contributed by atoms with van der Waals surface area (Å²) < 4.78 is 10.1. The number of hydrogen-bond acceptors (Lipinski definition) is 6. The van der Waals surface area contributed by atoms with Gasteiger partial charge in [0.25, 0.3) is 0 Å². The summed E-state index contributed by atoms with van der Waals surface area (Å²) in [6.45, 7) is 9.32. The third-order valence-corrected chi connectivity index (χ3v) is 3.57. The molecule has 1 heterocycles. The van der Waals surface area contributed by atoms with Gasteiger partial charge in [0.1, 0.15) is 5.60 Å². The van der Waals surface area contributed by atoms with Gasteiger partial charge < -0.3 is 14.8 Å². The molecule has 1 rings (SSSR count). The Balaban J connectivity index is 2.52. The van der Waals surface area contributed by atoms with E-state index >= 15 is 0 Å². The molecule has 1 aliphatic rings. The molecule has 0 saturated heterocycles. The van der Waals surface area contributed by atoms with Crippen molar-refractivity contribution in [1.29, 1.82) is 0 Å². The maximum absolute atomic E-state index is 11.7. The molecule has 0 saturated carbocycles. The summed E-state index contributed by atoms with van der Waals surface area (Å²) in [5.41, 5.74) is -0.540. The van der Waals surface area contributed by atoms with Crippen molar-refractivity contribution in [3.8, 4) is 0 Å². The number of alkyl carbamates (subject to hydrolysis) is 1. The van der Waals surface area contributed by atoms with Crippen LogP contribution in [0.3, 0.4) is 0 Å². The number of rotatable bonds is 4. The van der Waals surface area contributed by atoms with Gasteiger partial charge in [0.2, 0.25) is 0 Å². The van der Waals surface area contributed by atoms with E-state index in [1.54, 1.807) is 27.7 Å². The number of amides is 1. The van der Waals surface area contributed by atoms with Crippen LogP contribution in [0.25, 0.3) is 0 Å². The normalized spacial score (nSPS) is 20.1. The zero-order valence-electron chi connectivity index (χ0n) is 12.6. The number of hydrogen-bond donors (Lipinski definition) is 1. The molecule has 0 aliphatic carbocycles. The highest BCUT2D eigenvalue weighted by molar-refractivity contribution is 8.14. The summed E-state index contributed by atoms with van der Waals surface area (Å²) in [7, 11) is 0. The maximum Gasteiger partial charge on any atom is 0.408 e. The van der Waals surface area contributed by atoms with Crippen molar-refractivity contribution in [3.63, 3.8) is 0 Å². The SMILES string of the molecule is CCOC(=O)[C@H]1CSC([C@H](C)NC(=O)OC(C)(C)C)=N1. The minimum absolute atomic E-state index is 0.283. The van der Waals surface area contributed by atoms with Crippen LogP contribution in [0, 0.1) is 0 Å². The highest BCUT2D eigenvalue weighted by Gasteiger charge is 2.29. The quantitative estimate of drug-likeness (QED) is 0.803. The van der Waals surface area contributed by atoms with E-state index in [2.05, 4.69) is 10.3 Å². The van der Waals surface area contributed by atoms with Crippen LogP contribution in [-0.2, 0) is 14.3 Å². The lowest BCUT2D eigenvalue weighted by Gasteiger charge is -2.21. The molecule has 0 unspecified atom stereocenters. The van der Waals surface area contributed by atoms with Gasteiger partial charge in [0, 0.05) is 5.75 Å². The van der Waals surface area contributed by atoms with E-state index in [1.807, 2.05) is 6.92 Å². The maximum atomic E-state index is 11.7. The Bertz CT molecular complexity index is 404. The van der Waals surface area contributed by atoms with Crippen molar-refractivity contribution in [1.82, 2.24) is 5.32 Å². The second-order valence-corrected chi connectivity index (χ2v) is 6.45. The minimum atomic E-state index is -0.540. The zero-order chi connectivity index (χ0) is 15.3. The predicted molar refractivity (Wildman–Crippen MR) is 79.1 cm³/mol. The van der Waals surface area contributed by atoms with E-state index in [0.717, 1.165) is 0 Å². The molecule has 1 N–H and O–H groups in total.